The van der Waals surface area contributed by atoms with E-state index in [0.29, 0.717) is 16.3 Å². The number of anilines is 1. The second-order valence-corrected chi connectivity index (χ2v) is 5.54. The third-order valence-electron chi connectivity index (χ3n) is 2.95. The lowest BCUT2D eigenvalue weighted by Gasteiger charge is -2.03. The molecule has 0 saturated heterocycles. The van der Waals surface area contributed by atoms with Crippen molar-refractivity contribution >= 4 is 34.3 Å². The van der Waals surface area contributed by atoms with Crippen LogP contribution in [0.4, 0.5) is 5.00 Å². The molecule has 0 bridgehead atoms. The lowest BCUT2D eigenvalue weighted by atomic mass is 10.1. The molecular formula is C15H15NO4S. The molecule has 0 aliphatic heterocycles. The summed E-state index contributed by atoms with van der Waals surface area (Å²) in [5.74, 6) is -0.211. The Labute approximate surface area is 126 Å². The molecule has 5 nitrogen and oxygen atoms in total. The van der Waals surface area contributed by atoms with Crippen molar-refractivity contribution in [2.24, 2.45) is 0 Å². The van der Waals surface area contributed by atoms with Crippen LogP contribution in [-0.2, 0) is 9.53 Å². The Bertz CT molecular complexity index is 683. The molecule has 0 radical (unpaired) electrons. The molecule has 0 aromatic carbocycles. The first kappa shape index (κ1) is 15.1. The lowest BCUT2D eigenvalue weighted by molar-refractivity contribution is -0.111. The Morgan fingerprint density at radius 3 is 2.76 bits per heavy atom. The number of furan rings is 1. The number of aryl methyl sites for hydroxylation is 1. The molecule has 21 heavy (non-hydrogen) atoms. The summed E-state index contributed by atoms with van der Waals surface area (Å²) in [6.45, 7) is 3.72. The third kappa shape index (κ3) is 3.41. The topological polar surface area (TPSA) is 68.5 Å². The van der Waals surface area contributed by atoms with E-state index in [2.05, 4.69) is 5.32 Å². The number of hydrogen-bond donors (Lipinski definition) is 1. The first-order chi connectivity index (χ1) is 10.0. The summed E-state index contributed by atoms with van der Waals surface area (Å²) in [4.78, 5) is 24.7. The smallest absolute Gasteiger partial charge is 0.341 e. The van der Waals surface area contributed by atoms with Crippen LogP contribution in [-0.4, -0.2) is 19.0 Å². The summed E-state index contributed by atoms with van der Waals surface area (Å²) in [5.41, 5.74) is 1.22. The van der Waals surface area contributed by atoms with Gasteiger partial charge in [-0.2, -0.15) is 0 Å². The standard InChI is InChI=1S/C15H15NO4S/c1-9-10(2)21-14(13(9)15(18)19-3)16-12(17)7-6-11-5-4-8-20-11/h4-8H,1-3H3,(H,16,17). The number of carbonyl (C=O) groups excluding carboxylic acids is 2. The zero-order chi connectivity index (χ0) is 15.4. The average molecular weight is 305 g/mol. The highest BCUT2D eigenvalue weighted by Gasteiger charge is 2.20. The molecular weight excluding hydrogens is 290 g/mol. The van der Waals surface area contributed by atoms with Crippen molar-refractivity contribution in [3.63, 3.8) is 0 Å². The van der Waals surface area contributed by atoms with E-state index in [1.54, 1.807) is 18.2 Å². The zero-order valence-corrected chi connectivity index (χ0v) is 12.7. The average Bonchev–Trinajstić information content (AvgIpc) is 3.06. The summed E-state index contributed by atoms with van der Waals surface area (Å²) in [6, 6.07) is 3.47. The number of thiophene rings is 1. The Morgan fingerprint density at radius 2 is 2.14 bits per heavy atom. The van der Waals surface area contributed by atoms with Crippen LogP contribution in [0.1, 0.15) is 26.6 Å². The van der Waals surface area contributed by atoms with Crippen molar-refractivity contribution in [1.82, 2.24) is 0 Å². The van der Waals surface area contributed by atoms with Gasteiger partial charge in [0.2, 0.25) is 5.91 Å². The lowest BCUT2D eigenvalue weighted by Crippen LogP contribution is -2.11. The summed E-state index contributed by atoms with van der Waals surface area (Å²) >= 11 is 1.35. The van der Waals surface area contributed by atoms with E-state index >= 15 is 0 Å². The Balaban J connectivity index is 2.17. The van der Waals surface area contributed by atoms with Gasteiger partial charge in [0.25, 0.3) is 0 Å². The fourth-order valence-corrected chi connectivity index (χ4v) is 2.81. The summed E-state index contributed by atoms with van der Waals surface area (Å²) in [5, 5.41) is 3.19. The fraction of sp³-hybridized carbons (Fsp3) is 0.200. The molecule has 0 atom stereocenters. The van der Waals surface area contributed by atoms with Gasteiger partial charge in [0.15, 0.2) is 0 Å². The highest BCUT2D eigenvalue weighted by molar-refractivity contribution is 7.16. The summed E-state index contributed by atoms with van der Waals surface area (Å²) < 4.78 is 9.85. The van der Waals surface area contributed by atoms with Gasteiger partial charge in [0.1, 0.15) is 10.8 Å². The molecule has 2 heterocycles. The number of ether oxygens (including phenoxy) is 1. The highest BCUT2D eigenvalue weighted by Crippen LogP contribution is 2.32. The molecule has 6 heteroatoms. The van der Waals surface area contributed by atoms with Gasteiger partial charge in [-0.3, -0.25) is 4.79 Å². The predicted octanol–water partition coefficient (Wildman–Crippen LogP) is 3.40. The number of methoxy groups -OCH3 is 1. The Morgan fingerprint density at radius 1 is 1.38 bits per heavy atom. The van der Waals surface area contributed by atoms with Gasteiger partial charge in [0.05, 0.1) is 18.9 Å². The number of rotatable bonds is 4. The van der Waals surface area contributed by atoms with E-state index < -0.39 is 5.97 Å². The van der Waals surface area contributed by atoms with Gasteiger partial charge in [-0.25, -0.2) is 4.79 Å². The maximum absolute atomic E-state index is 11.9. The van der Waals surface area contributed by atoms with Gasteiger partial charge in [0, 0.05) is 11.0 Å². The van der Waals surface area contributed by atoms with Crippen molar-refractivity contribution < 1.29 is 18.7 Å². The van der Waals surface area contributed by atoms with Gasteiger partial charge >= 0.3 is 5.97 Å². The van der Waals surface area contributed by atoms with E-state index in [-0.39, 0.29) is 5.91 Å². The number of esters is 1. The first-order valence-electron chi connectivity index (χ1n) is 6.23. The number of hydrogen-bond acceptors (Lipinski definition) is 5. The van der Waals surface area contributed by atoms with E-state index in [9.17, 15) is 9.59 Å². The zero-order valence-electron chi connectivity index (χ0n) is 11.9. The van der Waals surface area contributed by atoms with Crippen LogP contribution in [0.3, 0.4) is 0 Å². The second kappa shape index (κ2) is 6.41. The molecule has 0 unspecified atom stereocenters. The van der Waals surface area contributed by atoms with Crippen LogP contribution in [0.15, 0.2) is 28.9 Å². The van der Waals surface area contributed by atoms with Gasteiger partial charge in [-0.15, -0.1) is 11.3 Å². The molecule has 2 aromatic rings. The molecule has 0 saturated carbocycles. The third-order valence-corrected chi connectivity index (χ3v) is 4.08. The van der Waals surface area contributed by atoms with Crippen molar-refractivity contribution in [3.8, 4) is 0 Å². The van der Waals surface area contributed by atoms with Crippen LogP contribution in [0, 0.1) is 13.8 Å². The largest absolute Gasteiger partial charge is 0.465 e. The van der Waals surface area contributed by atoms with Crippen LogP contribution < -0.4 is 5.32 Å². The van der Waals surface area contributed by atoms with Crippen LogP contribution >= 0.6 is 11.3 Å². The molecule has 1 N–H and O–H groups in total. The number of carbonyl (C=O) groups is 2. The van der Waals surface area contributed by atoms with E-state index in [0.717, 1.165) is 10.4 Å². The quantitative estimate of drug-likeness (QED) is 0.694. The van der Waals surface area contributed by atoms with Gasteiger partial charge < -0.3 is 14.5 Å². The number of nitrogens with one attached hydrogen (secondary N) is 1. The van der Waals surface area contributed by atoms with Crippen molar-refractivity contribution in [2.45, 2.75) is 13.8 Å². The predicted molar refractivity (Wildman–Crippen MR) is 81.5 cm³/mol. The monoisotopic (exact) mass is 305 g/mol. The van der Waals surface area contributed by atoms with Gasteiger partial charge in [-0.05, 0) is 37.6 Å². The van der Waals surface area contributed by atoms with Gasteiger partial charge in [-0.1, -0.05) is 0 Å². The minimum absolute atomic E-state index is 0.335. The summed E-state index contributed by atoms with van der Waals surface area (Å²) in [6.07, 6.45) is 4.43. The molecule has 0 aliphatic carbocycles. The molecule has 110 valence electrons. The van der Waals surface area contributed by atoms with Crippen LogP contribution in [0.25, 0.3) is 6.08 Å². The van der Waals surface area contributed by atoms with Crippen molar-refractivity contribution in [1.29, 1.82) is 0 Å². The Hall–Kier alpha value is -2.34. The molecule has 2 aromatic heterocycles. The maximum atomic E-state index is 11.9. The highest BCUT2D eigenvalue weighted by atomic mass is 32.1. The minimum Gasteiger partial charge on any atom is -0.465 e. The van der Waals surface area contributed by atoms with Crippen molar-refractivity contribution in [2.75, 3.05) is 12.4 Å². The first-order valence-corrected chi connectivity index (χ1v) is 7.05. The van der Waals surface area contributed by atoms with E-state index in [4.69, 9.17) is 9.15 Å². The maximum Gasteiger partial charge on any atom is 0.341 e. The van der Waals surface area contributed by atoms with Crippen molar-refractivity contribution in [3.05, 3.63) is 46.2 Å². The number of amides is 1. The SMILES string of the molecule is COC(=O)c1c(NC(=O)C=Cc2ccco2)sc(C)c1C. The summed E-state index contributed by atoms with van der Waals surface area (Å²) in [7, 11) is 1.32. The van der Waals surface area contributed by atoms with Crippen LogP contribution in [0.2, 0.25) is 0 Å². The second-order valence-electron chi connectivity index (χ2n) is 4.32. The molecule has 2 rings (SSSR count). The molecule has 0 spiro atoms. The molecule has 0 aliphatic rings. The molecule has 0 fully saturated rings. The van der Waals surface area contributed by atoms with E-state index in [1.165, 1.54) is 30.8 Å². The minimum atomic E-state index is -0.456. The molecule has 1 amide bonds. The Kier molecular flexibility index (Phi) is 4.59. The normalized spacial score (nSPS) is 10.8. The fourth-order valence-electron chi connectivity index (χ4n) is 1.76. The van der Waals surface area contributed by atoms with Crippen LogP contribution in [0.5, 0.6) is 0 Å². The van der Waals surface area contributed by atoms with E-state index in [1.807, 2.05) is 13.8 Å².